The van der Waals surface area contributed by atoms with E-state index in [1.165, 1.54) is 42.7 Å². The Labute approximate surface area is 146 Å². The third-order valence-corrected chi connectivity index (χ3v) is 5.96. The second kappa shape index (κ2) is 6.54. The summed E-state index contributed by atoms with van der Waals surface area (Å²) in [6.45, 7) is 1.55. The lowest BCUT2D eigenvalue weighted by molar-refractivity contribution is -0.384. The first-order chi connectivity index (χ1) is 12.1. The van der Waals surface area contributed by atoms with Crippen LogP contribution in [0.1, 0.15) is 32.1 Å². The zero-order valence-electron chi connectivity index (χ0n) is 14.1. The van der Waals surface area contributed by atoms with E-state index in [4.69, 9.17) is 4.74 Å². The van der Waals surface area contributed by atoms with Crippen molar-refractivity contribution in [2.24, 2.45) is 17.8 Å². The lowest BCUT2D eigenvalue weighted by Gasteiger charge is -2.23. The van der Waals surface area contributed by atoms with E-state index >= 15 is 0 Å². The highest BCUT2D eigenvalue weighted by Gasteiger charge is 2.38. The van der Waals surface area contributed by atoms with E-state index in [1.807, 2.05) is 0 Å². The van der Waals surface area contributed by atoms with E-state index in [2.05, 4.69) is 5.32 Å². The first-order valence-electron chi connectivity index (χ1n) is 9.08. The van der Waals surface area contributed by atoms with Gasteiger partial charge in [-0.05, 0) is 49.5 Å². The van der Waals surface area contributed by atoms with E-state index in [9.17, 15) is 14.9 Å². The third-order valence-electron chi connectivity index (χ3n) is 5.96. The number of ether oxygens (including phenoxy) is 1. The Kier molecular flexibility index (Phi) is 4.23. The quantitative estimate of drug-likeness (QED) is 0.626. The number of anilines is 2. The number of nitro groups is 1. The van der Waals surface area contributed by atoms with Crippen molar-refractivity contribution in [3.63, 3.8) is 0 Å². The number of benzene rings is 1. The van der Waals surface area contributed by atoms with Crippen molar-refractivity contribution in [2.45, 2.75) is 32.1 Å². The molecule has 2 aliphatic carbocycles. The summed E-state index contributed by atoms with van der Waals surface area (Å²) >= 11 is 0. The van der Waals surface area contributed by atoms with Crippen molar-refractivity contribution in [2.75, 3.05) is 29.9 Å². The largest absolute Gasteiger partial charge is 0.447 e. The Morgan fingerprint density at radius 1 is 1.32 bits per heavy atom. The minimum absolute atomic E-state index is 0.0200. The molecule has 1 aliphatic heterocycles. The maximum atomic E-state index is 11.9. The number of hydrogen-bond acceptors (Lipinski definition) is 5. The smallest absolute Gasteiger partial charge is 0.414 e. The Morgan fingerprint density at radius 2 is 2.20 bits per heavy atom. The maximum Gasteiger partial charge on any atom is 0.414 e. The minimum Gasteiger partial charge on any atom is -0.447 e. The molecule has 7 nitrogen and oxygen atoms in total. The Hall–Kier alpha value is -2.31. The van der Waals surface area contributed by atoms with Gasteiger partial charge < -0.3 is 10.1 Å². The Morgan fingerprint density at radius 3 is 2.84 bits per heavy atom. The number of fused-ring (bicyclic) bond motifs is 2. The van der Waals surface area contributed by atoms with E-state index in [-0.39, 0.29) is 5.69 Å². The highest BCUT2D eigenvalue weighted by Crippen LogP contribution is 2.49. The van der Waals surface area contributed by atoms with Gasteiger partial charge in [0.25, 0.3) is 5.69 Å². The minimum atomic E-state index is -0.448. The molecular weight excluding hydrogens is 322 g/mol. The van der Waals surface area contributed by atoms with Gasteiger partial charge in [0.2, 0.25) is 0 Å². The molecule has 1 aromatic carbocycles. The summed E-state index contributed by atoms with van der Waals surface area (Å²) in [6, 6.07) is 4.62. The molecule has 1 heterocycles. The maximum absolute atomic E-state index is 11.9. The summed E-state index contributed by atoms with van der Waals surface area (Å²) < 4.78 is 4.98. The summed E-state index contributed by atoms with van der Waals surface area (Å²) in [5.41, 5.74) is 1.27. The molecule has 0 radical (unpaired) electrons. The first kappa shape index (κ1) is 16.2. The second-order valence-electron chi connectivity index (χ2n) is 7.37. The number of cyclic esters (lactones) is 1. The molecule has 2 saturated carbocycles. The molecule has 4 rings (SSSR count). The molecule has 134 valence electrons. The van der Waals surface area contributed by atoms with Crippen LogP contribution >= 0.6 is 0 Å². The van der Waals surface area contributed by atoms with E-state index in [1.54, 1.807) is 6.07 Å². The molecule has 0 spiro atoms. The predicted molar refractivity (Wildman–Crippen MR) is 93.8 cm³/mol. The topological polar surface area (TPSA) is 84.7 Å². The molecule has 7 heteroatoms. The van der Waals surface area contributed by atoms with Crippen LogP contribution in [0, 0.1) is 27.9 Å². The first-order valence-corrected chi connectivity index (χ1v) is 9.08. The molecule has 1 aromatic rings. The van der Waals surface area contributed by atoms with Gasteiger partial charge in [0.1, 0.15) is 6.61 Å². The number of nitro benzene ring substituents is 1. The summed E-state index contributed by atoms with van der Waals surface area (Å²) in [5.74, 6) is 2.62. The average Bonchev–Trinajstić information content (AvgIpc) is 3.32. The van der Waals surface area contributed by atoms with Crippen molar-refractivity contribution in [1.29, 1.82) is 0 Å². The van der Waals surface area contributed by atoms with Crippen LogP contribution in [0.5, 0.6) is 0 Å². The lowest BCUT2D eigenvalue weighted by atomic mass is 9.86. The summed E-state index contributed by atoms with van der Waals surface area (Å²) in [7, 11) is 0. The number of rotatable bonds is 6. The predicted octanol–water partition coefficient (Wildman–Crippen LogP) is 3.79. The van der Waals surface area contributed by atoms with E-state index < -0.39 is 11.0 Å². The molecular formula is C18H23N3O4. The van der Waals surface area contributed by atoms with E-state index in [0.717, 1.165) is 36.4 Å². The molecule has 3 fully saturated rings. The number of amides is 1. The molecule has 25 heavy (non-hydrogen) atoms. The van der Waals surface area contributed by atoms with Gasteiger partial charge in [-0.25, -0.2) is 4.79 Å². The molecule has 0 aromatic heterocycles. The fourth-order valence-corrected chi connectivity index (χ4v) is 4.74. The zero-order valence-corrected chi connectivity index (χ0v) is 14.1. The van der Waals surface area contributed by atoms with Gasteiger partial charge in [0.15, 0.2) is 0 Å². The standard InChI is InChI=1S/C18H23N3O4/c22-18-20(7-8-25-18)17-11-15(21(23)24)3-4-16(17)19-6-5-14-10-12-1-2-13(14)9-12/h3-4,11-14,19H,1-2,5-10H2. The van der Waals surface area contributed by atoms with Gasteiger partial charge >= 0.3 is 6.09 Å². The number of carbonyl (C=O) groups is 1. The van der Waals surface area contributed by atoms with Crippen molar-refractivity contribution in [1.82, 2.24) is 0 Å². The van der Waals surface area contributed by atoms with Crippen molar-refractivity contribution < 1.29 is 14.5 Å². The zero-order chi connectivity index (χ0) is 17.4. The second-order valence-corrected chi connectivity index (χ2v) is 7.37. The van der Waals surface area contributed by atoms with Gasteiger partial charge in [0.05, 0.1) is 22.8 Å². The number of non-ortho nitro benzene ring substituents is 1. The summed E-state index contributed by atoms with van der Waals surface area (Å²) in [5, 5.41) is 14.5. The molecule has 1 amide bonds. The Balaban J connectivity index is 1.46. The lowest BCUT2D eigenvalue weighted by Crippen LogP contribution is -2.25. The molecule has 1 saturated heterocycles. The third kappa shape index (κ3) is 3.15. The molecule has 2 bridgehead atoms. The van der Waals surface area contributed by atoms with Crippen LogP contribution < -0.4 is 10.2 Å². The van der Waals surface area contributed by atoms with Crippen molar-refractivity contribution >= 4 is 23.2 Å². The Bertz CT molecular complexity index is 693. The van der Waals surface area contributed by atoms with Crippen LogP contribution in [0.2, 0.25) is 0 Å². The molecule has 3 unspecified atom stereocenters. The fourth-order valence-electron chi connectivity index (χ4n) is 4.74. The van der Waals surface area contributed by atoms with Crippen molar-refractivity contribution in [3.8, 4) is 0 Å². The molecule has 1 N–H and O–H groups in total. The van der Waals surface area contributed by atoms with Crippen molar-refractivity contribution in [3.05, 3.63) is 28.3 Å². The van der Waals surface area contributed by atoms with Crippen LogP contribution in [0.15, 0.2) is 18.2 Å². The highest BCUT2D eigenvalue weighted by atomic mass is 16.6. The SMILES string of the molecule is O=C1OCCN1c1cc([N+](=O)[O-])ccc1NCCC1CC2CCC1C2. The van der Waals surface area contributed by atoms with E-state index in [0.29, 0.717) is 18.8 Å². The molecule has 3 aliphatic rings. The number of nitrogens with one attached hydrogen (secondary N) is 1. The number of carbonyl (C=O) groups excluding carboxylic acids is 1. The van der Waals surface area contributed by atoms with Gasteiger partial charge in [-0.1, -0.05) is 6.42 Å². The number of nitrogens with zero attached hydrogens (tertiary/aromatic N) is 2. The van der Waals surface area contributed by atoms with Crippen LogP contribution in [0.4, 0.5) is 21.9 Å². The van der Waals surface area contributed by atoms with Crippen LogP contribution in [0.25, 0.3) is 0 Å². The summed E-state index contributed by atoms with van der Waals surface area (Å²) in [4.78, 5) is 24.0. The average molecular weight is 345 g/mol. The van der Waals surface area contributed by atoms with Crippen LogP contribution in [-0.2, 0) is 4.74 Å². The fraction of sp³-hybridized carbons (Fsp3) is 0.611. The summed E-state index contributed by atoms with van der Waals surface area (Å²) in [6.07, 6.45) is 6.18. The van der Waals surface area contributed by atoms with Crippen LogP contribution in [-0.4, -0.2) is 30.7 Å². The van der Waals surface area contributed by atoms with Crippen LogP contribution in [0.3, 0.4) is 0 Å². The normalized spacial score (nSPS) is 27.6. The monoisotopic (exact) mass is 345 g/mol. The van der Waals surface area contributed by atoms with Gasteiger partial charge in [-0.3, -0.25) is 15.0 Å². The van der Waals surface area contributed by atoms with Gasteiger partial charge in [-0.15, -0.1) is 0 Å². The molecule has 3 atom stereocenters. The number of hydrogen-bond donors (Lipinski definition) is 1. The highest BCUT2D eigenvalue weighted by molar-refractivity contribution is 5.94. The van der Waals surface area contributed by atoms with Gasteiger partial charge in [-0.2, -0.15) is 0 Å². The van der Waals surface area contributed by atoms with Gasteiger partial charge in [0, 0.05) is 18.7 Å².